The normalized spacial score (nSPS) is 39.9. The molecule has 0 aliphatic carbocycles. The van der Waals surface area contributed by atoms with Crippen molar-refractivity contribution in [2.45, 2.75) is 45.2 Å². The van der Waals surface area contributed by atoms with Crippen LogP contribution in [0.3, 0.4) is 0 Å². The quantitative estimate of drug-likeness (QED) is 0.635. The lowest BCUT2D eigenvalue weighted by molar-refractivity contribution is -0.988. The maximum Gasteiger partial charge on any atom is 0.227 e. The minimum absolute atomic E-state index is 0.268. The smallest absolute Gasteiger partial charge is 0.227 e. The summed E-state index contributed by atoms with van der Waals surface area (Å²) in [6.45, 7) is 5.01. The van der Waals surface area contributed by atoms with E-state index < -0.39 is 0 Å². The molecule has 2 heterocycles. The average molecular weight is 198 g/mol. The third-order valence-electron chi connectivity index (χ3n) is 3.07. The van der Waals surface area contributed by atoms with Crippen LogP contribution in [0, 0.1) is 5.41 Å². The van der Waals surface area contributed by atoms with Crippen molar-refractivity contribution in [2.75, 3.05) is 6.54 Å². The van der Waals surface area contributed by atoms with Crippen LogP contribution in [0.5, 0.6) is 0 Å². The molecule has 5 heteroatoms. The number of quaternary nitrogens is 1. The van der Waals surface area contributed by atoms with E-state index in [9.17, 15) is 0 Å². The Morgan fingerprint density at radius 1 is 1.43 bits per heavy atom. The molecule has 2 rings (SSSR count). The number of hydrogen-bond donors (Lipinski definition) is 2. The van der Waals surface area contributed by atoms with Crippen molar-refractivity contribution < 1.29 is 9.96 Å². The van der Waals surface area contributed by atoms with Crippen molar-refractivity contribution in [1.82, 2.24) is 5.01 Å². The van der Waals surface area contributed by atoms with Gasteiger partial charge in [0.1, 0.15) is 0 Å². The van der Waals surface area contributed by atoms with Crippen LogP contribution in [0.25, 0.3) is 5.59 Å². The first-order valence-electron chi connectivity index (χ1n) is 5.28. The first-order valence-corrected chi connectivity index (χ1v) is 5.28. The van der Waals surface area contributed by atoms with Crippen molar-refractivity contribution in [2.24, 2.45) is 0 Å². The molecule has 0 aromatic rings. The van der Waals surface area contributed by atoms with E-state index in [4.69, 9.17) is 10.2 Å². The zero-order valence-corrected chi connectivity index (χ0v) is 8.79. The Hall–Kier alpha value is -0.650. The molecule has 0 saturated carbocycles. The molecule has 2 fully saturated rings. The van der Waals surface area contributed by atoms with E-state index in [-0.39, 0.29) is 5.90 Å². The Balaban J connectivity index is 2.03. The minimum Gasteiger partial charge on any atom is -0.523 e. The fourth-order valence-electron chi connectivity index (χ4n) is 2.38. The summed E-state index contributed by atoms with van der Waals surface area (Å²) >= 11 is 0. The summed E-state index contributed by atoms with van der Waals surface area (Å²) in [5, 5.41) is 10.6. The third kappa shape index (κ3) is 1.75. The predicted molar refractivity (Wildman–Crippen MR) is 52.6 cm³/mol. The molecule has 0 aromatic carbocycles. The lowest BCUT2D eigenvalue weighted by atomic mass is 10.00. The maximum atomic E-state index is 7.37. The summed E-state index contributed by atoms with van der Waals surface area (Å²) in [5.74, 6) is 0.268. The molecule has 5 nitrogen and oxygen atoms in total. The highest BCUT2D eigenvalue weighted by Gasteiger charge is 2.32. The molecule has 2 aliphatic heterocycles. The summed E-state index contributed by atoms with van der Waals surface area (Å²) in [4.78, 5) is 4.84. The molecule has 0 spiro atoms. The number of nitrogens with zero attached hydrogens (tertiary/aromatic N) is 2. The second kappa shape index (κ2) is 3.84. The predicted octanol–water partition coefficient (Wildman–Crippen LogP) is 0.260. The van der Waals surface area contributed by atoms with Gasteiger partial charge in [-0.1, -0.05) is 0 Å². The zero-order valence-electron chi connectivity index (χ0n) is 8.79. The lowest BCUT2D eigenvalue weighted by Crippen LogP contribution is -3.15. The van der Waals surface area contributed by atoms with Gasteiger partial charge in [-0.2, -0.15) is 5.01 Å². The van der Waals surface area contributed by atoms with Gasteiger partial charge >= 0.3 is 0 Å². The van der Waals surface area contributed by atoms with Crippen LogP contribution in [0.4, 0.5) is 0 Å². The van der Waals surface area contributed by atoms with Gasteiger partial charge in [0.25, 0.3) is 0 Å². The molecular formula is C9H18N4O. The van der Waals surface area contributed by atoms with Crippen LogP contribution in [0.1, 0.15) is 33.1 Å². The summed E-state index contributed by atoms with van der Waals surface area (Å²) in [5.41, 5.74) is 3.96. The molecule has 0 aromatic heterocycles. The van der Waals surface area contributed by atoms with Crippen molar-refractivity contribution >= 4 is 5.90 Å². The summed E-state index contributed by atoms with van der Waals surface area (Å²) < 4.78 is 0. The standard InChI is InChI=1S/C9H18N4O/c1-7-4-3-5-8(2)13(7)12-6-9(10)14-11-12/h7-8,10,12H,3-6H2,1-2H3. The SMILES string of the molecule is CC1CCCC(C)N1[NH+]1CC(=N)O[N-]1. The molecule has 0 bridgehead atoms. The number of piperidine rings is 1. The van der Waals surface area contributed by atoms with Crippen LogP contribution < -0.4 is 5.12 Å². The van der Waals surface area contributed by atoms with Gasteiger partial charge in [-0.25, -0.2) is 5.59 Å². The Labute approximate surface area is 84.4 Å². The van der Waals surface area contributed by atoms with Gasteiger partial charge in [-0.3, -0.25) is 10.5 Å². The summed E-state index contributed by atoms with van der Waals surface area (Å²) in [6.07, 6.45) is 3.73. The highest BCUT2D eigenvalue weighted by Crippen LogP contribution is 2.19. The molecule has 14 heavy (non-hydrogen) atoms. The topological polar surface area (TPSA) is 54.9 Å². The largest absolute Gasteiger partial charge is 0.523 e. The van der Waals surface area contributed by atoms with Crippen LogP contribution in [0.2, 0.25) is 0 Å². The van der Waals surface area contributed by atoms with Crippen LogP contribution in [-0.4, -0.2) is 29.5 Å². The molecular weight excluding hydrogens is 180 g/mol. The first-order chi connectivity index (χ1) is 6.68. The van der Waals surface area contributed by atoms with Crippen LogP contribution in [0.15, 0.2) is 0 Å². The third-order valence-corrected chi connectivity index (χ3v) is 3.07. The molecule has 2 aliphatic rings. The molecule has 0 amide bonds. The number of hydrogen-bond acceptors (Lipinski definition) is 3. The van der Waals surface area contributed by atoms with E-state index in [1.807, 2.05) is 0 Å². The van der Waals surface area contributed by atoms with Crippen molar-refractivity contribution in [1.29, 1.82) is 5.41 Å². The first kappa shape index (κ1) is 9.89. The van der Waals surface area contributed by atoms with Crippen LogP contribution in [-0.2, 0) is 4.84 Å². The van der Waals surface area contributed by atoms with Crippen molar-refractivity contribution in [3.8, 4) is 0 Å². The van der Waals surface area contributed by atoms with Gasteiger partial charge < -0.3 is 4.84 Å². The molecule has 0 radical (unpaired) electrons. The van der Waals surface area contributed by atoms with E-state index >= 15 is 0 Å². The van der Waals surface area contributed by atoms with Gasteiger partial charge in [-0.05, 0) is 33.1 Å². The molecule has 3 atom stereocenters. The summed E-state index contributed by atoms with van der Waals surface area (Å²) in [6, 6.07) is 1.07. The van der Waals surface area contributed by atoms with Gasteiger partial charge in [0, 0.05) is 0 Å². The fourth-order valence-corrected chi connectivity index (χ4v) is 2.38. The Morgan fingerprint density at radius 3 is 2.57 bits per heavy atom. The number of rotatable bonds is 1. The Kier molecular flexibility index (Phi) is 2.71. The highest BCUT2D eigenvalue weighted by molar-refractivity contribution is 5.74. The second-order valence-corrected chi connectivity index (χ2v) is 4.23. The van der Waals surface area contributed by atoms with E-state index in [1.54, 1.807) is 0 Å². The Morgan fingerprint density at radius 2 is 2.07 bits per heavy atom. The van der Waals surface area contributed by atoms with Gasteiger partial charge in [0.15, 0.2) is 6.54 Å². The molecule has 2 N–H and O–H groups in total. The zero-order chi connectivity index (χ0) is 10.1. The lowest BCUT2D eigenvalue weighted by Gasteiger charge is -2.43. The monoisotopic (exact) mass is 198 g/mol. The van der Waals surface area contributed by atoms with Gasteiger partial charge in [-0.15, -0.1) is 0 Å². The van der Waals surface area contributed by atoms with Crippen molar-refractivity contribution in [3.05, 3.63) is 5.59 Å². The Bertz CT molecular complexity index is 223. The molecule has 3 unspecified atom stereocenters. The average Bonchev–Trinajstić information content (AvgIpc) is 2.51. The van der Waals surface area contributed by atoms with E-state index in [1.165, 1.54) is 19.3 Å². The maximum absolute atomic E-state index is 7.37. The highest BCUT2D eigenvalue weighted by atomic mass is 16.7. The van der Waals surface area contributed by atoms with Crippen molar-refractivity contribution in [3.63, 3.8) is 0 Å². The van der Waals surface area contributed by atoms with Crippen LogP contribution >= 0.6 is 0 Å². The van der Waals surface area contributed by atoms with E-state index in [2.05, 4.69) is 24.4 Å². The van der Waals surface area contributed by atoms with Gasteiger partial charge in [0.2, 0.25) is 5.90 Å². The molecule has 2 saturated heterocycles. The number of nitrogens with one attached hydrogen (secondary N) is 2. The minimum atomic E-state index is 0.268. The summed E-state index contributed by atoms with van der Waals surface area (Å²) in [7, 11) is 0. The van der Waals surface area contributed by atoms with Gasteiger partial charge in [0.05, 0.1) is 12.1 Å². The van der Waals surface area contributed by atoms with E-state index in [0.717, 1.165) is 5.12 Å². The molecule has 80 valence electrons. The fraction of sp³-hybridized carbons (Fsp3) is 0.889. The van der Waals surface area contributed by atoms with E-state index in [0.29, 0.717) is 18.6 Å². The second-order valence-electron chi connectivity index (χ2n) is 4.23.